The van der Waals surface area contributed by atoms with Crippen LogP contribution in [-0.2, 0) is 9.84 Å². The SMILES string of the molecule is CN(c1ccc(N)c2nonc12)C1CCS(=O)(=O)C1. The first kappa shape index (κ1) is 12.2. The first-order valence-corrected chi connectivity index (χ1v) is 7.74. The van der Waals surface area contributed by atoms with E-state index in [2.05, 4.69) is 10.3 Å². The number of anilines is 2. The highest BCUT2D eigenvalue weighted by atomic mass is 32.2. The number of rotatable bonds is 2. The van der Waals surface area contributed by atoms with E-state index in [1.165, 1.54) is 0 Å². The van der Waals surface area contributed by atoms with Gasteiger partial charge in [-0.2, -0.15) is 0 Å². The lowest BCUT2D eigenvalue weighted by atomic mass is 10.1. The molecule has 1 aliphatic heterocycles. The second kappa shape index (κ2) is 4.09. The lowest BCUT2D eigenvalue weighted by Crippen LogP contribution is -2.32. The molecule has 3 rings (SSSR count). The second-order valence-corrected chi connectivity index (χ2v) is 7.03. The summed E-state index contributed by atoms with van der Waals surface area (Å²) in [5.41, 5.74) is 8.13. The molecule has 1 atom stereocenters. The van der Waals surface area contributed by atoms with Crippen LogP contribution in [0.25, 0.3) is 11.0 Å². The van der Waals surface area contributed by atoms with Crippen molar-refractivity contribution in [3.8, 4) is 0 Å². The van der Waals surface area contributed by atoms with Crippen LogP contribution in [0.1, 0.15) is 6.42 Å². The fourth-order valence-electron chi connectivity index (χ4n) is 2.43. The Morgan fingerprint density at radius 1 is 1.37 bits per heavy atom. The highest BCUT2D eigenvalue weighted by Crippen LogP contribution is 2.30. The average molecular weight is 282 g/mol. The van der Waals surface area contributed by atoms with Gasteiger partial charge in [0.2, 0.25) is 0 Å². The Morgan fingerprint density at radius 3 is 2.79 bits per heavy atom. The summed E-state index contributed by atoms with van der Waals surface area (Å²) in [6.07, 6.45) is 0.621. The number of sulfone groups is 1. The molecule has 0 amide bonds. The number of hydrogen-bond donors (Lipinski definition) is 1. The molecule has 0 radical (unpaired) electrons. The van der Waals surface area contributed by atoms with Crippen molar-refractivity contribution in [2.75, 3.05) is 29.2 Å². The average Bonchev–Trinajstić information content (AvgIpc) is 2.96. The molecule has 1 aromatic carbocycles. The molecule has 1 aromatic heterocycles. The molecule has 1 saturated heterocycles. The lowest BCUT2D eigenvalue weighted by molar-refractivity contribution is 0.315. The number of benzene rings is 1. The number of nitrogen functional groups attached to an aromatic ring is 1. The summed E-state index contributed by atoms with van der Waals surface area (Å²) in [6, 6.07) is 3.49. The highest BCUT2D eigenvalue weighted by molar-refractivity contribution is 7.91. The van der Waals surface area contributed by atoms with Crippen LogP contribution in [-0.4, -0.2) is 43.3 Å². The van der Waals surface area contributed by atoms with E-state index in [4.69, 9.17) is 10.4 Å². The Hall–Kier alpha value is -1.83. The van der Waals surface area contributed by atoms with E-state index in [-0.39, 0.29) is 17.5 Å². The van der Waals surface area contributed by atoms with E-state index in [1.54, 1.807) is 6.07 Å². The molecule has 0 bridgehead atoms. The standard InChI is InChI=1S/C11H14N4O3S/c1-15(7-4-5-19(16,17)6-7)9-3-2-8(12)10-11(9)14-18-13-10/h2-3,7H,4-6,12H2,1H3. The molecular weight excluding hydrogens is 268 g/mol. The van der Waals surface area contributed by atoms with Crippen LogP contribution >= 0.6 is 0 Å². The molecule has 2 heterocycles. The zero-order valence-electron chi connectivity index (χ0n) is 10.4. The van der Waals surface area contributed by atoms with Gasteiger partial charge in [0.05, 0.1) is 22.9 Å². The minimum absolute atomic E-state index is 0.0477. The van der Waals surface area contributed by atoms with Crippen molar-refractivity contribution in [3.63, 3.8) is 0 Å². The summed E-state index contributed by atoms with van der Waals surface area (Å²) in [7, 11) is -1.07. The number of nitrogens with two attached hydrogens (primary N) is 1. The van der Waals surface area contributed by atoms with Gasteiger partial charge in [-0.3, -0.25) is 0 Å². The number of fused-ring (bicyclic) bond motifs is 1. The molecule has 0 saturated carbocycles. The van der Waals surface area contributed by atoms with Crippen LogP contribution in [0.5, 0.6) is 0 Å². The molecule has 1 unspecified atom stereocenters. The summed E-state index contributed by atoms with van der Waals surface area (Å²) in [5, 5.41) is 7.61. The summed E-state index contributed by atoms with van der Waals surface area (Å²) >= 11 is 0. The molecule has 2 N–H and O–H groups in total. The molecular formula is C11H14N4O3S. The minimum atomic E-state index is -2.92. The maximum Gasteiger partial charge on any atom is 0.160 e. The molecule has 8 heteroatoms. The third kappa shape index (κ3) is 2.01. The molecule has 0 aliphatic carbocycles. The second-order valence-electron chi connectivity index (χ2n) is 4.80. The highest BCUT2D eigenvalue weighted by Gasteiger charge is 2.31. The number of hydrogen-bond acceptors (Lipinski definition) is 7. The van der Waals surface area contributed by atoms with Crippen LogP contribution in [0.3, 0.4) is 0 Å². The molecule has 2 aromatic rings. The zero-order valence-corrected chi connectivity index (χ0v) is 11.2. The fourth-order valence-corrected chi connectivity index (χ4v) is 4.21. The smallest absolute Gasteiger partial charge is 0.160 e. The van der Waals surface area contributed by atoms with Crippen LogP contribution in [0.2, 0.25) is 0 Å². The quantitative estimate of drug-likeness (QED) is 0.797. The Bertz CT molecular complexity index is 725. The van der Waals surface area contributed by atoms with Gasteiger partial charge in [-0.1, -0.05) is 0 Å². The number of nitrogens with zero attached hydrogens (tertiary/aromatic N) is 3. The predicted molar refractivity (Wildman–Crippen MR) is 71.7 cm³/mol. The van der Waals surface area contributed by atoms with E-state index < -0.39 is 9.84 Å². The van der Waals surface area contributed by atoms with Crippen molar-refractivity contribution in [1.82, 2.24) is 10.3 Å². The largest absolute Gasteiger partial charge is 0.397 e. The maximum absolute atomic E-state index is 11.6. The van der Waals surface area contributed by atoms with Crippen LogP contribution in [0.4, 0.5) is 11.4 Å². The predicted octanol–water partition coefficient (Wildman–Crippen LogP) is 0.428. The first-order valence-electron chi connectivity index (χ1n) is 5.92. The maximum atomic E-state index is 11.6. The minimum Gasteiger partial charge on any atom is -0.397 e. The Balaban J connectivity index is 2.01. The van der Waals surface area contributed by atoms with Gasteiger partial charge in [-0.25, -0.2) is 13.0 Å². The van der Waals surface area contributed by atoms with Gasteiger partial charge < -0.3 is 10.6 Å². The first-order chi connectivity index (χ1) is 8.98. The number of aromatic nitrogens is 2. The van der Waals surface area contributed by atoms with Gasteiger partial charge >= 0.3 is 0 Å². The molecule has 7 nitrogen and oxygen atoms in total. The molecule has 0 spiro atoms. The van der Waals surface area contributed by atoms with Gasteiger partial charge in [0.25, 0.3) is 0 Å². The summed E-state index contributed by atoms with van der Waals surface area (Å²) in [5.74, 6) is 0.401. The Labute approximate surface area is 110 Å². The van der Waals surface area contributed by atoms with Gasteiger partial charge in [0.1, 0.15) is 0 Å². The summed E-state index contributed by atoms with van der Waals surface area (Å²) in [4.78, 5) is 1.91. The van der Waals surface area contributed by atoms with Crippen molar-refractivity contribution in [1.29, 1.82) is 0 Å². The van der Waals surface area contributed by atoms with E-state index in [1.807, 2.05) is 18.0 Å². The van der Waals surface area contributed by atoms with Crippen molar-refractivity contribution >= 4 is 32.2 Å². The van der Waals surface area contributed by atoms with Gasteiger partial charge in [-0.15, -0.1) is 0 Å². The molecule has 1 fully saturated rings. The van der Waals surface area contributed by atoms with Gasteiger partial charge in [0, 0.05) is 13.1 Å². The van der Waals surface area contributed by atoms with Crippen LogP contribution < -0.4 is 10.6 Å². The molecule has 1 aliphatic rings. The monoisotopic (exact) mass is 282 g/mol. The van der Waals surface area contributed by atoms with Crippen molar-refractivity contribution < 1.29 is 13.0 Å². The zero-order chi connectivity index (χ0) is 13.6. The summed E-state index contributed by atoms with van der Waals surface area (Å²) < 4.78 is 27.8. The Kier molecular flexibility index (Phi) is 2.63. The van der Waals surface area contributed by atoms with Crippen molar-refractivity contribution in [2.24, 2.45) is 0 Å². The van der Waals surface area contributed by atoms with E-state index >= 15 is 0 Å². The summed E-state index contributed by atoms with van der Waals surface area (Å²) in [6.45, 7) is 0. The van der Waals surface area contributed by atoms with Crippen molar-refractivity contribution in [2.45, 2.75) is 12.5 Å². The van der Waals surface area contributed by atoms with E-state index in [0.29, 0.717) is 23.1 Å². The fraction of sp³-hybridized carbons (Fsp3) is 0.455. The van der Waals surface area contributed by atoms with E-state index in [9.17, 15) is 8.42 Å². The Morgan fingerprint density at radius 2 is 2.11 bits per heavy atom. The third-order valence-corrected chi connectivity index (χ3v) is 5.31. The van der Waals surface area contributed by atoms with Gasteiger partial charge in [0.15, 0.2) is 20.9 Å². The van der Waals surface area contributed by atoms with E-state index in [0.717, 1.165) is 5.69 Å². The van der Waals surface area contributed by atoms with Gasteiger partial charge in [-0.05, 0) is 28.9 Å². The molecule has 102 valence electrons. The van der Waals surface area contributed by atoms with Crippen LogP contribution in [0, 0.1) is 0 Å². The topological polar surface area (TPSA) is 102 Å². The third-order valence-electron chi connectivity index (χ3n) is 3.56. The molecule has 19 heavy (non-hydrogen) atoms. The van der Waals surface area contributed by atoms with Crippen molar-refractivity contribution in [3.05, 3.63) is 12.1 Å². The van der Waals surface area contributed by atoms with Crippen LogP contribution in [0.15, 0.2) is 16.8 Å². The normalized spacial score (nSPS) is 21.8. The lowest BCUT2D eigenvalue weighted by Gasteiger charge is -2.25.